The van der Waals surface area contributed by atoms with Gasteiger partial charge in [0.25, 0.3) is 0 Å². The predicted octanol–water partition coefficient (Wildman–Crippen LogP) is 3.28. The van der Waals surface area contributed by atoms with E-state index in [1.54, 1.807) is 18.6 Å². The van der Waals surface area contributed by atoms with Crippen molar-refractivity contribution in [2.75, 3.05) is 18.0 Å². The summed E-state index contributed by atoms with van der Waals surface area (Å²) in [5.41, 5.74) is 0.692. The third kappa shape index (κ3) is 2.27. The molecule has 0 unspecified atom stereocenters. The highest BCUT2D eigenvalue weighted by Crippen LogP contribution is 2.36. The molecule has 0 radical (unpaired) electrons. The Kier molecular flexibility index (Phi) is 3.09. The second-order valence-corrected chi connectivity index (χ2v) is 5.24. The quantitative estimate of drug-likeness (QED) is 0.817. The van der Waals surface area contributed by atoms with Crippen LogP contribution in [0.15, 0.2) is 36.8 Å². The van der Waals surface area contributed by atoms with Gasteiger partial charge < -0.3 is 14.4 Å². The lowest BCUT2D eigenvalue weighted by atomic mass is 9.89. The minimum absolute atomic E-state index is 0.151. The first kappa shape index (κ1) is 12.3. The molecule has 0 N–H and O–H groups in total. The van der Waals surface area contributed by atoms with Crippen molar-refractivity contribution < 1.29 is 13.9 Å². The number of piperidine rings is 1. The highest BCUT2D eigenvalue weighted by atomic mass is 19.1. The van der Waals surface area contributed by atoms with Crippen LogP contribution in [0.25, 0.3) is 0 Å². The minimum atomic E-state index is -0.540. The van der Waals surface area contributed by atoms with Gasteiger partial charge in [0.15, 0.2) is 0 Å². The van der Waals surface area contributed by atoms with Crippen LogP contribution in [-0.4, -0.2) is 18.9 Å². The van der Waals surface area contributed by atoms with E-state index in [0.29, 0.717) is 11.6 Å². The number of rotatable bonds is 2. The highest BCUT2D eigenvalue weighted by molar-refractivity contribution is 5.47. The SMILES string of the molecule is CC1(C2CCN(c3ccccc3F)CC2)OC=CO1. The summed E-state index contributed by atoms with van der Waals surface area (Å²) in [6.45, 7) is 3.62. The van der Waals surface area contributed by atoms with E-state index in [4.69, 9.17) is 9.47 Å². The van der Waals surface area contributed by atoms with Gasteiger partial charge in [0, 0.05) is 25.9 Å². The van der Waals surface area contributed by atoms with E-state index in [-0.39, 0.29) is 5.82 Å². The molecule has 0 aromatic heterocycles. The van der Waals surface area contributed by atoms with Crippen LogP contribution in [0, 0.1) is 11.7 Å². The van der Waals surface area contributed by atoms with Gasteiger partial charge in [-0.3, -0.25) is 0 Å². The van der Waals surface area contributed by atoms with Crippen LogP contribution in [0.5, 0.6) is 0 Å². The fourth-order valence-electron chi connectivity index (χ4n) is 2.90. The van der Waals surface area contributed by atoms with Crippen molar-refractivity contribution in [2.24, 2.45) is 5.92 Å². The summed E-state index contributed by atoms with van der Waals surface area (Å²) in [5, 5.41) is 0. The largest absolute Gasteiger partial charge is 0.457 e. The predicted molar refractivity (Wildman–Crippen MR) is 71.1 cm³/mol. The summed E-state index contributed by atoms with van der Waals surface area (Å²) in [6, 6.07) is 6.94. The van der Waals surface area contributed by atoms with Gasteiger partial charge in [0.1, 0.15) is 18.3 Å². The molecule has 2 heterocycles. The third-order valence-corrected chi connectivity index (χ3v) is 4.09. The Morgan fingerprint density at radius 3 is 2.42 bits per heavy atom. The van der Waals surface area contributed by atoms with E-state index in [2.05, 4.69) is 4.90 Å². The standard InChI is InChI=1S/C15H18FNO2/c1-15(18-10-11-19-15)12-6-8-17(9-7-12)14-5-3-2-4-13(14)16/h2-5,10-12H,6-9H2,1H3. The maximum atomic E-state index is 13.7. The van der Waals surface area contributed by atoms with Crippen molar-refractivity contribution in [3.63, 3.8) is 0 Å². The molecule has 1 aromatic carbocycles. The second kappa shape index (κ2) is 4.76. The second-order valence-electron chi connectivity index (χ2n) is 5.24. The molecule has 2 aliphatic rings. The van der Waals surface area contributed by atoms with E-state index in [1.165, 1.54) is 6.07 Å². The van der Waals surface area contributed by atoms with Crippen molar-refractivity contribution in [1.82, 2.24) is 0 Å². The van der Waals surface area contributed by atoms with Gasteiger partial charge in [0.05, 0.1) is 5.69 Å². The number of benzene rings is 1. The molecule has 0 amide bonds. The average molecular weight is 263 g/mol. The molecule has 0 saturated carbocycles. The number of hydrogen-bond donors (Lipinski definition) is 0. The fourth-order valence-corrected chi connectivity index (χ4v) is 2.90. The van der Waals surface area contributed by atoms with Crippen LogP contribution >= 0.6 is 0 Å². The molecule has 1 aromatic rings. The van der Waals surface area contributed by atoms with Gasteiger partial charge >= 0.3 is 0 Å². The van der Waals surface area contributed by atoms with Gasteiger partial charge in [-0.25, -0.2) is 4.39 Å². The lowest BCUT2D eigenvalue weighted by molar-refractivity contribution is -0.171. The summed E-state index contributed by atoms with van der Waals surface area (Å²) in [6.07, 6.45) is 5.07. The van der Waals surface area contributed by atoms with Crippen LogP contribution in [0.1, 0.15) is 19.8 Å². The van der Waals surface area contributed by atoms with Crippen LogP contribution in [0.3, 0.4) is 0 Å². The zero-order valence-corrected chi connectivity index (χ0v) is 11.0. The molecule has 19 heavy (non-hydrogen) atoms. The number of ether oxygens (including phenoxy) is 2. The minimum Gasteiger partial charge on any atom is -0.457 e. The number of hydrogen-bond acceptors (Lipinski definition) is 3. The number of anilines is 1. The molecule has 102 valence electrons. The molecule has 0 aliphatic carbocycles. The van der Waals surface area contributed by atoms with E-state index < -0.39 is 5.79 Å². The summed E-state index contributed by atoms with van der Waals surface area (Å²) in [7, 11) is 0. The molecule has 0 spiro atoms. The molecule has 1 saturated heterocycles. The molecule has 0 bridgehead atoms. The maximum absolute atomic E-state index is 13.7. The van der Waals surface area contributed by atoms with E-state index in [9.17, 15) is 4.39 Å². The zero-order valence-electron chi connectivity index (χ0n) is 11.0. The van der Waals surface area contributed by atoms with Crippen molar-refractivity contribution in [3.05, 3.63) is 42.6 Å². The molecular weight excluding hydrogens is 245 g/mol. The smallest absolute Gasteiger partial charge is 0.249 e. The molecule has 3 rings (SSSR count). The number of para-hydroxylation sites is 1. The average Bonchev–Trinajstić information content (AvgIpc) is 2.88. The molecular formula is C15H18FNO2. The van der Waals surface area contributed by atoms with Crippen molar-refractivity contribution in [2.45, 2.75) is 25.6 Å². The van der Waals surface area contributed by atoms with Crippen molar-refractivity contribution in [3.8, 4) is 0 Å². The van der Waals surface area contributed by atoms with Gasteiger partial charge in [-0.1, -0.05) is 12.1 Å². The Morgan fingerprint density at radius 2 is 1.79 bits per heavy atom. The van der Waals surface area contributed by atoms with Gasteiger partial charge in [0.2, 0.25) is 5.79 Å². The Morgan fingerprint density at radius 1 is 1.16 bits per heavy atom. The summed E-state index contributed by atoms with van der Waals surface area (Å²) < 4.78 is 24.8. The normalized spacial score (nSPS) is 22.1. The lowest BCUT2D eigenvalue weighted by Crippen LogP contribution is -2.44. The zero-order chi connectivity index (χ0) is 13.3. The number of nitrogens with zero attached hydrogens (tertiary/aromatic N) is 1. The fraction of sp³-hybridized carbons (Fsp3) is 0.467. The van der Waals surface area contributed by atoms with Gasteiger partial charge in [-0.05, 0) is 25.0 Å². The van der Waals surface area contributed by atoms with Crippen LogP contribution in [-0.2, 0) is 9.47 Å². The lowest BCUT2D eigenvalue weighted by Gasteiger charge is -2.39. The first-order valence-electron chi connectivity index (χ1n) is 6.69. The van der Waals surface area contributed by atoms with Gasteiger partial charge in [-0.2, -0.15) is 0 Å². The van der Waals surface area contributed by atoms with Crippen molar-refractivity contribution >= 4 is 5.69 Å². The van der Waals surface area contributed by atoms with Crippen molar-refractivity contribution in [1.29, 1.82) is 0 Å². The maximum Gasteiger partial charge on any atom is 0.249 e. The topological polar surface area (TPSA) is 21.7 Å². The van der Waals surface area contributed by atoms with E-state index in [0.717, 1.165) is 25.9 Å². The van der Waals surface area contributed by atoms with Crippen LogP contribution in [0.2, 0.25) is 0 Å². The summed E-state index contributed by atoms with van der Waals surface area (Å²) in [5.74, 6) is -0.353. The first-order chi connectivity index (χ1) is 9.19. The summed E-state index contributed by atoms with van der Waals surface area (Å²) >= 11 is 0. The van der Waals surface area contributed by atoms with E-state index in [1.807, 2.05) is 19.1 Å². The Hall–Kier alpha value is -1.71. The number of halogens is 1. The Balaban J connectivity index is 1.65. The first-order valence-corrected chi connectivity index (χ1v) is 6.69. The molecule has 2 aliphatic heterocycles. The molecule has 1 fully saturated rings. The Bertz CT molecular complexity index is 473. The van der Waals surface area contributed by atoms with Crippen LogP contribution in [0.4, 0.5) is 10.1 Å². The molecule has 3 nitrogen and oxygen atoms in total. The van der Waals surface area contributed by atoms with Gasteiger partial charge in [-0.15, -0.1) is 0 Å². The van der Waals surface area contributed by atoms with Crippen LogP contribution < -0.4 is 4.90 Å². The highest BCUT2D eigenvalue weighted by Gasteiger charge is 2.41. The Labute approximate surface area is 112 Å². The summed E-state index contributed by atoms with van der Waals surface area (Å²) in [4.78, 5) is 2.09. The van der Waals surface area contributed by atoms with E-state index >= 15 is 0 Å². The molecule has 4 heteroatoms. The monoisotopic (exact) mass is 263 g/mol. The molecule has 0 atom stereocenters. The third-order valence-electron chi connectivity index (χ3n) is 4.09.